The van der Waals surface area contributed by atoms with Crippen molar-refractivity contribution in [3.63, 3.8) is 0 Å². The number of Topliss-reactive ketones (excluding diaryl/α,β-unsaturated/α-hetero) is 1. The van der Waals surface area contributed by atoms with Crippen LogP contribution in [0.25, 0.3) is 0 Å². The first-order valence-corrected chi connectivity index (χ1v) is 9.84. The lowest BCUT2D eigenvalue weighted by Crippen LogP contribution is -2.18. The summed E-state index contributed by atoms with van der Waals surface area (Å²) in [5.41, 5.74) is 0.484. The molecule has 0 aromatic carbocycles. The van der Waals surface area contributed by atoms with Gasteiger partial charge in [-0.1, -0.05) is 53.4 Å². The van der Waals surface area contributed by atoms with Crippen molar-refractivity contribution in [2.45, 2.75) is 98.3 Å². The second-order valence-electron chi connectivity index (χ2n) is 8.90. The van der Waals surface area contributed by atoms with Crippen LogP contribution in [0.15, 0.2) is 0 Å². The zero-order valence-corrected chi connectivity index (χ0v) is 17.0. The van der Waals surface area contributed by atoms with E-state index in [0.29, 0.717) is 5.78 Å². The molecule has 3 nitrogen and oxygen atoms in total. The van der Waals surface area contributed by atoms with Crippen LogP contribution in [0.1, 0.15) is 98.3 Å². The first-order valence-electron chi connectivity index (χ1n) is 9.84. The van der Waals surface area contributed by atoms with E-state index >= 15 is 0 Å². The molecular weight excluding hydrogens is 300 g/mol. The van der Waals surface area contributed by atoms with Crippen molar-refractivity contribution in [1.82, 2.24) is 0 Å². The summed E-state index contributed by atoms with van der Waals surface area (Å²) in [5, 5.41) is 9.02. The number of hydrogen-bond donors (Lipinski definition) is 1. The summed E-state index contributed by atoms with van der Waals surface area (Å²) in [7, 11) is 1.76. The molecule has 24 heavy (non-hydrogen) atoms. The van der Waals surface area contributed by atoms with E-state index in [9.17, 15) is 4.79 Å². The van der Waals surface area contributed by atoms with Gasteiger partial charge < -0.3 is 9.84 Å². The quantitative estimate of drug-likeness (QED) is 0.375. The number of ketones is 1. The molecule has 0 aliphatic carbocycles. The van der Waals surface area contributed by atoms with Gasteiger partial charge in [0.25, 0.3) is 0 Å². The Morgan fingerprint density at radius 3 is 1.75 bits per heavy atom. The first-order chi connectivity index (χ1) is 11.2. The highest BCUT2D eigenvalue weighted by atomic mass is 16.5. The monoisotopic (exact) mass is 342 g/mol. The number of hydrogen-bond acceptors (Lipinski definition) is 3. The van der Waals surface area contributed by atoms with E-state index in [4.69, 9.17) is 9.84 Å². The molecule has 0 rings (SSSR count). The highest BCUT2D eigenvalue weighted by Gasteiger charge is 2.17. The zero-order chi connectivity index (χ0) is 18.5. The fourth-order valence-corrected chi connectivity index (χ4v) is 3.22. The van der Waals surface area contributed by atoms with Crippen LogP contribution in [0.3, 0.4) is 0 Å². The lowest BCUT2D eigenvalue weighted by Gasteiger charge is -2.23. The molecule has 0 bridgehead atoms. The van der Waals surface area contributed by atoms with Crippen LogP contribution in [-0.4, -0.2) is 31.2 Å². The number of carbonyl (C=O) groups is 1. The number of aliphatic hydroxyl groups is 1. The van der Waals surface area contributed by atoms with Gasteiger partial charge in [-0.15, -0.1) is 0 Å². The van der Waals surface area contributed by atoms with Gasteiger partial charge in [-0.3, -0.25) is 4.79 Å². The molecule has 0 saturated carbocycles. The van der Waals surface area contributed by atoms with Crippen molar-refractivity contribution < 1.29 is 14.6 Å². The van der Waals surface area contributed by atoms with Gasteiger partial charge in [-0.25, -0.2) is 0 Å². The molecular formula is C21H42O3. The van der Waals surface area contributed by atoms with Gasteiger partial charge >= 0.3 is 0 Å². The van der Waals surface area contributed by atoms with Crippen LogP contribution < -0.4 is 0 Å². The summed E-state index contributed by atoms with van der Waals surface area (Å²) < 4.78 is 5.23. The van der Waals surface area contributed by atoms with Crippen LogP contribution in [0.4, 0.5) is 0 Å². The highest BCUT2D eigenvalue weighted by Crippen LogP contribution is 2.27. The maximum absolute atomic E-state index is 11.9. The van der Waals surface area contributed by atoms with Crippen molar-refractivity contribution in [3.8, 4) is 0 Å². The Kier molecular flexibility index (Phi) is 12.7. The van der Waals surface area contributed by atoms with Crippen molar-refractivity contribution in [2.75, 3.05) is 20.3 Å². The van der Waals surface area contributed by atoms with Crippen molar-refractivity contribution in [1.29, 1.82) is 0 Å². The molecule has 0 aromatic rings. The molecule has 0 atom stereocenters. The molecule has 144 valence electrons. The molecule has 0 radical (unpaired) electrons. The van der Waals surface area contributed by atoms with Gasteiger partial charge in [0, 0.05) is 26.6 Å². The maximum Gasteiger partial charge on any atom is 0.132 e. The van der Waals surface area contributed by atoms with Crippen molar-refractivity contribution >= 4 is 5.78 Å². The van der Waals surface area contributed by atoms with Crippen LogP contribution in [0, 0.1) is 10.8 Å². The Hall–Kier alpha value is -0.410. The third kappa shape index (κ3) is 14.0. The fourth-order valence-electron chi connectivity index (χ4n) is 3.22. The first kappa shape index (κ1) is 23.6. The molecule has 0 aliphatic rings. The van der Waals surface area contributed by atoms with Crippen LogP contribution in [0.2, 0.25) is 0 Å². The highest BCUT2D eigenvalue weighted by molar-refractivity contribution is 5.78. The molecule has 0 aliphatic heterocycles. The van der Waals surface area contributed by atoms with Gasteiger partial charge in [0.1, 0.15) is 5.78 Å². The minimum absolute atomic E-state index is 0.231. The average molecular weight is 343 g/mol. The molecule has 3 heteroatoms. The van der Waals surface area contributed by atoms with Gasteiger partial charge in [0.05, 0.1) is 6.61 Å². The van der Waals surface area contributed by atoms with E-state index in [0.717, 1.165) is 64.4 Å². The summed E-state index contributed by atoms with van der Waals surface area (Å²) >= 11 is 0. The Bertz CT molecular complexity index is 291. The van der Waals surface area contributed by atoms with Gasteiger partial charge in [-0.2, -0.15) is 0 Å². The number of rotatable bonds is 16. The zero-order valence-electron chi connectivity index (χ0n) is 17.0. The Balaban J connectivity index is 3.54. The fraction of sp³-hybridized carbons (Fsp3) is 0.952. The Morgan fingerprint density at radius 1 is 0.792 bits per heavy atom. The number of methoxy groups -OCH3 is 1. The number of ether oxygens (including phenoxy) is 1. The van der Waals surface area contributed by atoms with E-state index in [1.54, 1.807) is 7.11 Å². The SMILES string of the molecule is COCC(C)(C)CCCCCC(=O)CCCCCC(C)(C)CCO. The third-order valence-corrected chi connectivity index (χ3v) is 4.94. The largest absolute Gasteiger partial charge is 0.396 e. The summed E-state index contributed by atoms with van der Waals surface area (Å²) in [5.74, 6) is 0.431. The predicted molar refractivity (Wildman–Crippen MR) is 102 cm³/mol. The van der Waals surface area contributed by atoms with E-state index < -0.39 is 0 Å². The van der Waals surface area contributed by atoms with E-state index in [1.165, 1.54) is 12.8 Å². The second kappa shape index (κ2) is 12.9. The standard InChI is InChI=1S/C21H42O3/c1-20(2,16-17-22)14-10-6-8-12-19(23)13-9-7-11-15-21(3,4)18-24-5/h22H,6-18H2,1-5H3. The molecule has 0 unspecified atom stereocenters. The molecule has 0 spiro atoms. The van der Waals surface area contributed by atoms with Gasteiger partial charge in [0.15, 0.2) is 0 Å². The smallest absolute Gasteiger partial charge is 0.132 e. The molecule has 0 heterocycles. The Morgan fingerprint density at radius 2 is 1.29 bits per heavy atom. The van der Waals surface area contributed by atoms with E-state index in [1.807, 2.05) is 0 Å². The Labute approximate surface area is 150 Å². The van der Waals surface area contributed by atoms with E-state index in [-0.39, 0.29) is 17.4 Å². The number of unbranched alkanes of at least 4 members (excludes halogenated alkanes) is 4. The predicted octanol–water partition coefficient (Wildman–Crippen LogP) is 5.54. The van der Waals surface area contributed by atoms with Crippen LogP contribution in [0.5, 0.6) is 0 Å². The van der Waals surface area contributed by atoms with Gasteiger partial charge in [0.2, 0.25) is 0 Å². The molecule has 0 aromatic heterocycles. The summed E-state index contributed by atoms with van der Waals surface area (Å²) in [6.07, 6.45) is 11.3. The summed E-state index contributed by atoms with van der Waals surface area (Å²) in [6.45, 7) is 9.98. The summed E-state index contributed by atoms with van der Waals surface area (Å²) in [6, 6.07) is 0. The molecule has 0 amide bonds. The van der Waals surface area contributed by atoms with E-state index in [2.05, 4.69) is 27.7 Å². The lowest BCUT2D eigenvalue weighted by atomic mass is 9.84. The number of aliphatic hydroxyl groups excluding tert-OH is 1. The second-order valence-corrected chi connectivity index (χ2v) is 8.90. The summed E-state index contributed by atoms with van der Waals surface area (Å²) in [4.78, 5) is 11.9. The van der Waals surface area contributed by atoms with Crippen molar-refractivity contribution in [2.24, 2.45) is 10.8 Å². The normalized spacial score (nSPS) is 12.6. The minimum atomic E-state index is 0.231. The maximum atomic E-state index is 11.9. The number of carbonyl (C=O) groups excluding carboxylic acids is 1. The van der Waals surface area contributed by atoms with Crippen LogP contribution >= 0.6 is 0 Å². The molecule has 0 fully saturated rings. The van der Waals surface area contributed by atoms with Gasteiger partial charge in [-0.05, 0) is 42.9 Å². The topological polar surface area (TPSA) is 46.5 Å². The molecule has 0 saturated heterocycles. The third-order valence-electron chi connectivity index (χ3n) is 4.94. The molecule has 1 N–H and O–H groups in total. The van der Waals surface area contributed by atoms with Crippen molar-refractivity contribution in [3.05, 3.63) is 0 Å². The minimum Gasteiger partial charge on any atom is -0.396 e. The average Bonchev–Trinajstić information content (AvgIpc) is 2.46. The lowest BCUT2D eigenvalue weighted by molar-refractivity contribution is -0.119. The van der Waals surface area contributed by atoms with Crippen LogP contribution in [-0.2, 0) is 9.53 Å².